The summed E-state index contributed by atoms with van der Waals surface area (Å²) in [6.07, 6.45) is 2.96. The molecule has 0 radical (unpaired) electrons. The second kappa shape index (κ2) is 5.82. The molecule has 1 aromatic heterocycles. The van der Waals surface area contributed by atoms with E-state index >= 15 is 0 Å². The lowest BCUT2D eigenvalue weighted by atomic mass is 10.2. The van der Waals surface area contributed by atoms with Gasteiger partial charge in [-0.25, -0.2) is 13.2 Å². The van der Waals surface area contributed by atoms with Gasteiger partial charge in [0.25, 0.3) is 10.0 Å². The molecule has 0 fully saturated rings. The summed E-state index contributed by atoms with van der Waals surface area (Å²) in [4.78, 5) is 14.8. The molecule has 1 aromatic carbocycles. The molecule has 2 rings (SSSR count). The summed E-state index contributed by atoms with van der Waals surface area (Å²) in [5, 5.41) is 9.06. The van der Waals surface area contributed by atoms with E-state index in [9.17, 15) is 13.2 Å². The smallest absolute Gasteiger partial charge is 0.336 e. The molecule has 0 aliphatic heterocycles. The maximum atomic E-state index is 12.5. The Kier molecular flexibility index (Phi) is 4.29. The maximum Gasteiger partial charge on any atom is 0.336 e. The van der Waals surface area contributed by atoms with E-state index in [-0.39, 0.29) is 10.5 Å². The zero-order valence-corrected chi connectivity index (χ0v) is 13.3. The van der Waals surface area contributed by atoms with Gasteiger partial charge in [-0.3, -0.25) is 9.29 Å². The maximum absolute atomic E-state index is 12.5. The van der Waals surface area contributed by atoms with Crippen LogP contribution in [0.4, 0.5) is 5.69 Å². The number of carbonyl (C=O) groups is 1. The van der Waals surface area contributed by atoms with Crippen molar-refractivity contribution in [1.82, 2.24) is 4.98 Å². The monoisotopic (exact) mass is 370 g/mol. The number of benzene rings is 1. The van der Waals surface area contributed by atoms with Crippen molar-refractivity contribution >= 4 is 37.6 Å². The average molecular weight is 371 g/mol. The van der Waals surface area contributed by atoms with Gasteiger partial charge in [0.05, 0.1) is 16.1 Å². The molecule has 0 aliphatic carbocycles. The van der Waals surface area contributed by atoms with E-state index in [2.05, 4.69) is 20.9 Å². The zero-order valence-electron chi connectivity index (χ0n) is 10.9. The van der Waals surface area contributed by atoms with Gasteiger partial charge >= 0.3 is 5.97 Å². The van der Waals surface area contributed by atoms with Gasteiger partial charge in [0, 0.05) is 23.9 Å². The third-order valence-corrected chi connectivity index (χ3v) is 5.33. The van der Waals surface area contributed by atoms with Crippen LogP contribution in [0.1, 0.15) is 10.4 Å². The summed E-state index contributed by atoms with van der Waals surface area (Å²) < 4.78 is 26.4. The fourth-order valence-electron chi connectivity index (χ4n) is 1.68. The van der Waals surface area contributed by atoms with Crippen molar-refractivity contribution in [2.24, 2.45) is 0 Å². The number of aromatic carboxylic acids is 1. The second-order valence-electron chi connectivity index (χ2n) is 4.12. The van der Waals surface area contributed by atoms with E-state index < -0.39 is 16.0 Å². The molecule has 0 saturated heterocycles. The molecule has 0 saturated carbocycles. The topological polar surface area (TPSA) is 87.6 Å². The molecule has 0 bridgehead atoms. The van der Waals surface area contributed by atoms with Gasteiger partial charge in [-0.2, -0.15) is 0 Å². The van der Waals surface area contributed by atoms with Crippen LogP contribution in [0.2, 0.25) is 0 Å². The Morgan fingerprint density at radius 2 is 1.86 bits per heavy atom. The largest absolute Gasteiger partial charge is 0.478 e. The van der Waals surface area contributed by atoms with Crippen LogP contribution in [0.3, 0.4) is 0 Å². The minimum absolute atomic E-state index is 0.0950. The molecule has 0 amide bonds. The summed E-state index contributed by atoms with van der Waals surface area (Å²) in [6.45, 7) is 0. The summed E-state index contributed by atoms with van der Waals surface area (Å²) in [5.41, 5.74) is 0.323. The fourth-order valence-corrected chi connectivity index (χ4v) is 3.32. The van der Waals surface area contributed by atoms with E-state index in [1.54, 1.807) is 12.1 Å². The van der Waals surface area contributed by atoms with Crippen LogP contribution in [0, 0.1) is 0 Å². The quantitative estimate of drug-likeness (QED) is 0.892. The van der Waals surface area contributed by atoms with Crippen LogP contribution in [0.15, 0.2) is 52.1 Å². The Morgan fingerprint density at radius 1 is 1.24 bits per heavy atom. The summed E-state index contributed by atoms with van der Waals surface area (Å²) in [5.74, 6) is -1.20. The first kappa shape index (κ1) is 15.5. The van der Waals surface area contributed by atoms with E-state index in [0.717, 1.165) is 10.4 Å². The Hall–Kier alpha value is -1.93. The Bertz CT molecular complexity index is 778. The highest BCUT2D eigenvalue weighted by atomic mass is 79.9. The third-order valence-electron chi connectivity index (χ3n) is 2.85. The molecule has 6 nitrogen and oxygen atoms in total. The molecule has 110 valence electrons. The van der Waals surface area contributed by atoms with Crippen LogP contribution in [0.5, 0.6) is 0 Å². The van der Waals surface area contributed by atoms with E-state index in [1.807, 2.05) is 0 Å². The van der Waals surface area contributed by atoms with Crippen LogP contribution in [-0.2, 0) is 10.0 Å². The minimum Gasteiger partial charge on any atom is -0.478 e. The highest BCUT2D eigenvalue weighted by Gasteiger charge is 2.23. The number of nitrogens with zero attached hydrogens (tertiary/aromatic N) is 2. The molecule has 1 heterocycles. The average Bonchev–Trinajstić information content (AvgIpc) is 2.47. The summed E-state index contributed by atoms with van der Waals surface area (Å²) in [7, 11) is -2.45. The molecule has 0 aliphatic rings. The Morgan fingerprint density at radius 3 is 2.43 bits per heavy atom. The molecule has 2 aromatic rings. The highest BCUT2D eigenvalue weighted by Crippen LogP contribution is 2.25. The SMILES string of the molecule is CN(c1ccncc1)S(=O)(=O)c1ccc(Br)c(C(=O)O)c1. The molecule has 0 unspecified atom stereocenters. The molecule has 0 atom stereocenters. The van der Waals surface area contributed by atoms with Gasteiger partial charge in [0.1, 0.15) is 0 Å². The van der Waals surface area contributed by atoms with Crippen molar-refractivity contribution < 1.29 is 18.3 Å². The standard InChI is InChI=1S/C13H11BrN2O4S/c1-16(9-4-6-15-7-5-9)21(19,20)10-2-3-12(14)11(8-10)13(17)18/h2-8H,1H3,(H,17,18). The first-order valence-electron chi connectivity index (χ1n) is 5.76. The number of hydrogen-bond acceptors (Lipinski definition) is 4. The number of hydrogen-bond donors (Lipinski definition) is 1. The molecule has 21 heavy (non-hydrogen) atoms. The summed E-state index contributed by atoms with van der Waals surface area (Å²) >= 11 is 3.08. The number of aromatic nitrogens is 1. The van der Waals surface area contributed by atoms with E-state index in [4.69, 9.17) is 5.11 Å². The second-order valence-corrected chi connectivity index (χ2v) is 6.95. The first-order chi connectivity index (χ1) is 9.84. The van der Waals surface area contributed by atoms with Gasteiger partial charge < -0.3 is 5.11 Å². The molecular weight excluding hydrogens is 360 g/mol. The predicted molar refractivity (Wildman–Crippen MR) is 80.9 cm³/mol. The summed E-state index contributed by atoms with van der Waals surface area (Å²) in [6, 6.07) is 6.97. The number of sulfonamides is 1. The number of anilines is 1. The zero-order chi connectivity index (χ0) is 15.6. The van der Waals surface area contributed by atoms with Crippen LogP contribution in [-0.4, -0.2) is 31.5 Å². The molecular formula is C13H11BrN2O4S. The van der Waals surface area contributed by atoms with Crippen molar-refractivity contribution in [2.75, 3.05) is 11.4 Å². The Balaban J connectivity index is 2.50. The lowest BCUT2D eigenvalue weighted by molar-refractivity contribution is 0.0695. The number of rotatable bonds is 4. The van der Waals surface area contributed by atoms with Gasteiger partial charge in [-0.05, 0) is 46.3 Å². The third kappa shape index (κ3) is 3.06. The number of carboxylic acids is 1. The van der Waals surface area contributed by atoms with Gasteiger partial charge in [0.15, 0.2) is 0 Å². The number of carboxylic acid groups (broad SMARTS) is 1. The molecule has 0 spiro atoms. The molecule has 8 heteroatoms. The van der Waals surface area contributed by atoms with Crippen LogP contribution in [0.25, 0.3) is 0 Å². The van der Waals surface area contributed by atoms with Crippen LogP contribution >= 0.6 is 15.9 Å². The first-order valence-corrected chi connectivity index (χ1v) is 7.99. The predicted octanol–water partition coefficient (Wildman–Crippen LogP) is 2.37. The number of pyridine rings is 1. The number of halogens is 1. The van der Waals surface area contributed by atoms with Crippen molar-refractivity contribution in [2.45, 2.75) is 4.90 Å². The van der Waals surface area contributed by atoms with E-state index in [0.29, 0.717) is 10.2 Å². The lowest BCUT2D eigenvalue weighted by Gasteiger charge is -2.19. The normalized spacial score (nSPS) is 11.1. The Labute approximate surface area is 130 Å². The van der Waals surface area contributed by atoms with Crippen molar-refractivity contribution in [3.05, 3.63) is 52.8 Å². The van der Waals surface area contributed by atoms with Crippen LogP contribution < -0.4 is 4.31 Å². The van der Waals surface area contributed by atoms with Crippen molar-refractivity contribution in [3.63, 3.8) is 0 Å². The van der Waals surface area contributed by atoms with Gasteiger partial charge in [0.2, 0.25) is 0 Å². The van der Waals surface area contributed by atoms with Crippen molar-refractivity contribution in [3.8, 4) is 0 Å². The van der Waals surface area contributed by atoms with E-state index in [1.165, 1.54) is 31.6 Å². The van der Waals surface area contributed by atoms with Gasteiger partial charge in [-0.1, -0.05) is 0 Å². The fraction of sp³-hybridized carbons (Fsp3) is 0.0769. The lowest BCUT2D eigenvalue weighted by Crippen LogP contribution is -2.26. The minimum atomic E-state index is -3.84. The highest BCUT2D eigenvalue weighted by molar-refractivity contribution is 9.10. The molecule has 1 N–H and O–H groups in total. The van der Waals surface area contributed by atoms with Crippen molar-refractivity contribution in [1.29, 1.82) is 0 Å². The van der Waals surface area contributed by atoms with Gasteiger partial charge in [-0.15, -0.1) is 0 Å².